The summed E-state index contributed by atoms with van der Waals surface area (Å²) in [6, 6.07) is 0. The number of carbonyl (C=O) groups excluding carboxylic acids is 1. The quantitative estimate of drug-likeness (QED) is 0.531. The summed E-state index contributed by atoms with van der Waals surface area (Å²) >= 11 is 0. The largest absolute Gasteiger partial charge is 0.413 e. The fourth-order valence-electron chi connectivity index (χ4n) is 6.64. The molecule has 3 aliphatic carbocycles. The second kappa shape index (κ2) is 5.83. The molecule has 2 heterocycles. The van der Waals surface area contributed by atoms with Crippen molar-refractivity contribution in [2.75, 3.05) is 0 Å². The molecular formula is C25H36O3Si. The molecule has 2 saturated carbocycles. The van der Waals surface area contributed by atoms with Gasteiger partial charge in [0.15, 0.2) is 14.1 Å². The van der Waals surface area contributed by atoms with E-state index in [0.29, 0.717) is 12.0 Å². The first-order valence-electron chi connectivity index (χ1n) is 11.5. The zero-order valence-electron chi connectivity index (χ0n) is 18.9. The highest BCUT2D eigenvalue weighted by Crippen LogP contribution is 2.67. The van der Waals surface area contributed by atoms with E-state index in [9.17, 15) is 4.79 Å². The van der Waals surface area contributed by atoms with Crippen molar-refractivity contribution in [2.24, 2.45) is 11.3 Å². The number of rotatable bonds is 2. The van der Waals surface area contributed by atoms with Gasteiger partial charge in [-0.25, -0.2) is 0 Å². The van der Waals surface area contributed by atoms with Gasteiger partial charge in [-0.15, -0.1) is 0 Å². The van der Waals surface area contributed by atoms with Gasteiger partial charge in [-0.3, -0.25) is 4.79 Å². The molecule has 158 valence electrons. The van der Waals surface area contributed by atoms with Crippen LogP contribution in [0.5, 0.6) is 0 Å². The molecule has 2 spiro atoms. The van der Waals surface area contributed by atoms with Gasteiger partial charge in [-0.2, -0.15) is 0 Å². The Morgan fingerprint density at radius 3 is 2.62 bits per heavy atom. The van der Waals surface area contributed by atoms with E-state index in [2.05, 4.69) is 46.9 Å². The van der Waals surface area contributed by atoms with E-state index in [0.717, 1.165) is 37.7 Å². The average Bonchev–Trinajstić information content (AvgIpc) is 3.11. The van der Waals surface area contributed by atoms with Gasteiger partial charge >= 0.3 is 0 Å². The summed E-state index contributed by atoms with van der Waals surface area (Å²) < 4.78 is 14.1. The Morgan fingerprint density at radius 2 is 1.90 bits per heavy atom. The highest BCUT2D eigenvalue weighted by molar-refractivity contribution is 6.74. The maximum Gasteiger partial charge on any atom is 0.192 e. The number of carbonyl (C=O) groups is 1. The molecular weight excluding hydrogens is 376 g/mol. The summed E-state index contributed by atoms with van der Waals surface area (Å²) in [6.45, 7) is 14.3. The van der Waals surface area contributed by atoms with E-state index in [1.807, 2.05) is 6.08 Å². The van der Waals surface area contributed by atoms with Crippen LogP contribution in [-0.2, 0) is 14.0 Å². The molecule has 0 radical (unpaired) electrons. The molecule has 3 nitrogen and oxygen atoms in total. The van der Waals surface area contributed by atoms with Gasteiger partial charge in [0, 0.05) is 0 Å². The molecule has 2 unspecified atom stereocenters. The molecule has 1 saturated heterocycles. The Kier molecular flexibility index (Phi) is 4.01. The lowest BCUT2D eigenvalue weighted by Crippen LogP contribution is -2.56. The standard InChI is InChI=1S/C25H36O3Si/c1-22(2,3)29(5,6)27-21-8-7-20-23(21,4)11-9-17-15-18-16-19(26)10-12-24(18)13-14-25(17,20)28-24/h10,12,15-16,20-21H,7-9,11,13-14H2,1-6H3/t20-,21+,23+,24?,25?/m1/s1. The summed E-state index contributed by atoms with van der Waals surface area (Å²) in [6.07, 6.45) is 14.8. The van der Waals surface area contributed by atoms with Crippen LogP contribution in [0.4, 0.5) is 0 Å². The molecule has 2 bridgehead atoms. The van der Waals surface area contributed by atoms with Crippen LogP contribution in [0, 0.1) is 11.3 Å². The molecule has 0 N–H and O–H groups in total. The molecule has 2 aliphatic heterocycles. The van der Waals surface area contributed by atoms with E-state index >= 15 is 0 Å². The van der Waals surface area contributed by atoms with Crippen LogP contribution in [0.2, 0.25) is 18.1 Å². The van der Waals surface area contributed by atoms with Crippen LogP contribution in [0.1, 0.15) is 66.2 Å². The topological polar surface area (TPSA) is 35.5 Å². The third-order valence-corrected chi connectivity index (χ3v) is 13.9. The highest BCUT2D eigenvalue weighted by atomic mass is 28.4. The van der Waals surface area contributed by atoms with Crippen molar-refractivity contribution in [3.05, 3.63) is 35.5 Å². The lowest BCUT2D eigenvalue weighted by atomic mass is 9.58. The summed E-state index contributed by atoms with van der Waals surface area (Å²) in [5.41, 5.74) is 2.18. The number of allylic oxidation sites excluding steroid dienone is 2. The molecule has 5 atom stereocenters. The van der Waals surface area contributed by atoms with Gasteiger partial charge in [0.1, 0.15) is 5.60 Å². The molecule has 5 rings (SSSR count). The van der Waals surface area contributed by atoms with Crippen LogP contribution >= 0.6 is 0 Å². The minimum absolute atomic E-state index is 0.0924. The van der Waals surface area contributed by atoms with Crippen molar-refractivity contribution in [1.29, 1.82) is 0 Å². The third kappa shape index (κ3) is 2.58. The van der Waals surface area contributed by atoms with Crippen molar-refractivity contribution in [3.63, 3.8) is 0 Å². The van der Waals surface area contributed by atoms with Gasteiger partial charge in [-0.05, 0) is 97.4 Å². The molecule has 0 aromatic rings. The van der Waals surface area contributed by atoms with Crippen LogP contribution in [-0.4, -0.2) is 31.4 Å². The van der Waals surface area contributed by atoms with Gasteiger partial charge < -0.3 is 9.16 Å². The molecule has 0 aromatic carbocycles. The minimum Gasteiger partial charge on any atom is -0.413 e. The fourth-order valence-corrected chi connectivity index (χ4v) is 8.09. The van der Waals surface area contributed by atoms with Crippen LogP contribution < -0.4 is 0 Å². The monoisotopic (exact) mass is 412 g/mol. The first kappa shape index (κ1) is 20.0. The van der Waals surface area contributed by atoms with E-state index in [4.69, 9.17) is 9.16 Å². The summed E-state index contributed by atoms with van der Waals surface area (Å²) in [7, 11) is -1.81. The second-order valence-electron chi connectivity index (χ2n) is 11.9. The first-order valence-corrected chi connectivity index (χ1v) is 14.4. The minimum atomic E-state index is -1.81. The van der Waals surface area contributed by atoms with Gasteiger partial charge in [0.2, 0.25) is 0 Å². The third-order valence-electron chi connectivity index (χ3n) is 9.40. The average molecular weight is 413 g/mol. The van der Waals surface area contributed by atoms with Crippen molar-refractivity contribution in [1.82, 2.24) is 0 Å². The zero-order chi connectivity index (χ0) is 20.9. The normalized spacial score (nSPS) is 43.4. The molecule has 4 heteroatoms. The molecule has 5 aliphatic rings. The highest BCUT2D eigenvalue weighted by Gasteiger charge is 2.67. The number of ether oxygens (including phenoxy) is 1. The smallest absolute Gasteiger partial charge is 0.192 e. The first-order chi connectivity index (χ1) is 13.4. The van der Waals surface area contributed by atoms with Crippen LogP contribution in [0.15, 0.2) is 35.5 Å². The Balaban J connectivity index is 1.50. The molecule has 29 heavy (non-hydrogen) atoms. The number of ketones is 1. The Labute approximate surface area is 176 Å². The maximum absolute atomic E-state index is 12.0. The van der Waals surface area contributed by atoms with Gasteiger partial charge in [0.25, 0.3) is 0 Å². The van der Waals surface area contributed by atoms with E-state index in [1.54, 1.807) is 12.2 Å². The summed E-state index contributed by atoms with van der Waals surface area (Å²) in [4.78, 5) is 12.0. The van der Waals surface area contributed by atoms with Crippen LogP contribution in [0.25, 0.3) is 0 Å². The SMILES string of the molecule is CC(C)(C)[Si](C)(C)O[C@H]1CC[C@H]2C34CCC5(C=CC(=O)C=C5C=C3CC[C@]12C)O4. The maximum atomic E-state index is 12.0. The number of hydrogen-bond donors (Lipinski definition) is 0. The van der Waals surface area contributed by atoms with Crippen molar-refractivity contribution in [2.45, 2.75) is 102 Å². The van der Waals surface area contributed by atoms with Gasteiger partial charge in [0.05, 0.1) is 11.7 Å². The van der Waals surface area contributed by atoms with E-state index in [1.165, 1.54) is 12.0 Å². The number of fused-ring (bicyclic) bond motifs is 1. The molecule has 0 amide bonds. The number of hydrogen-bond acceptors (Lipinski definition) is 3. The summed E-state index contributed by atoms with van der Waals surface area (Å²) in [5, 5.41) is 0.233. The van der Waals surface area contributed by atoms with Gasteiger partial charge in [-0.1, -0.05) is 33.8 Å². The predicted molar refractivity (Wildman–Crippen MR) is 118 cm³/mol. The molecule has 3 fully saturated rings. The fraction of sp³-hybridized carbons (Fsp3) is 0.720. The second-order valence-corrected chi connectivity index (χ2v) is 16.6. The van der Waals surface area contributed by atoms with Crippen molar-refractivity contribution in [3.8, 4) is 0 Å². The van der Waals surface area contributed by atoms with Crippen molar-refractivity contribution >= 4 is 14.1 Å². The Morgan fingerprint density at radius 1 is 1.14 bits per heavy atom. The molecule has 0 aromatic heterocycles. The van der Waals surface area contributed by atoms with E-state index in [-0.39, 0.29) is 27.4 Å². The van der Waals surface area contributed by atoms with E-state index < -0.39 is 8.32 Å². The predicted octanol–water partition coefficient (Wildman–Crippen LogP) is 5.88. The van der Waals surface area contributed by atoms with Crippen LogP contribution in [0.3, 0.4) is 0 Å². The Hall–Kier alpha value is -0.973. The zero-order valence-corrected chi connectivity index (χ0v) is 19.9. The Bertz CT molecular complexity index is 860. The summed E-state index contributed by atoms with van der Waals surface area (Å²) in [5.74, 6) is 0.603. The van der Waals surface area contributed by atoms with Crippen molar-refractivity contribution < 1.29 is 14.0 Å². The lowest BCUT2D eigenvalue weighted by molar-refractivity contribution is -0.133. The lowest BCUT2D eigenvalue weighted by Gasteiger charge is -2.55.